The van der Waals surface area contributed by atoms with Crippen LogP contribution in [0.5, 0.6) is 0 Å². The summed E-state index contributed by atoms with van der Waals surface area (Å²) < 4.78 is 36.3. The van der Waals surface area contributed by atoms with E-state index < -0.39 is 18.2 Å². The zero-order valence-corrected chi connectivity index (χ0v) is 13.8. The van der Waals surface area contributed by atoms with Gasteiger partial charge in [0.05, 0.1) is 30.0 Å². The highest BCUT2D eigenvalue weighted by Gasteiger charge is 2.38. The summed E-state index contributed by atoms with van der Waals surface area (Å²) in [7, 11) is 1.31. The van der Waals surface area contributed by atoms with Crippen molar-refractivity contribution in [2.75, 3.05) is 12.4 Å². The van der Waals surface area contributed by atoms with Gasteiger partial charge in [0.25, 0.3) is 0 Å². The average Bonchev–Trinajstić information content (AvgIpc) is 2.93. The lowest BCUT2D eigenvalue weighted by Crippen LogP contribution is -2.21. The van der Waals surface area contributed by atoms with Crippen molar-refractivity contribution in [2.45, 2.75) is 6.18 Å². The van der Waals surface area contributed by atoms with Gasteiger partial charge in [-0.1, -0.05) is 11.6 Å². The molecule has 0 atom stereocenters. The first-order valence-corrected chi connectivity index (χ1v) is 7.21. The molecule has 26 heavy (non-hydrogen) atoms. The minimum atomic E-state index is -5.08. The SMILES string of the molecule is COC(=O)Nc1cc(Cl)cc2c1[nH]c1cnccc12.O=C(O)C(F)(F)F. The highest BCUT2D eigenvalue weighted by atomic mass is 35.5. The molecule has 0 fully saturated rings. The first kappa shape index (κ1) is 19.3. The standard InChI is InChI=1S/C13H10ClN3O2.C2HF3O2/c1-19-13(18)17-10-5-7(14)4-9-8-2-3-15-6-11(8)16-12(9)10;3-2(4,5)1(6)7/h2-6,16H,1H3,(H,17,18);(H,6,7). The molecular weight excluding hydrogens is 379 g/mol. The lowest BCUT2D eigenvalue weighted by atomic mass is 10.1. The van der Waals surface area contributed by atoms with Crippen LogP contribution in [0, 0.1) is 0 Å². The minimum absolute atomic E-state index is 0.539. The number of fused-ring (bicyclic) bond motifs is 3. The van der Waals surface area contributed by atoms with Crippen molar-refractivity contribution in [2.24, 2.45) is 0 Å². The second kappa shape index (κ2) is 7.48. The molecule has 138 valence electrons. The largest absolute Gasteiger partial charge is 0.490 e. The number of halogens is 4. The molecule has 0 aliphatic carbocycles. The number of benzene rings is 1. The van der Waals surface area contributed by atoms with Crippen molar-refractivity contribution in [3.05, 3.63) is 35.6 Å². The van der Waals surface area contributed by atoms with Gasteiger partial charge >= 0.3 is 18.2 Å². The van der Waals surface area contributed by atoms with Crippen molar-refractivity contribution in [3.63, 3.8) is 0 Å². The number of nitrogens with zero attached hydrogens (tertiary/aromatic N) is 1. The van der Waals surface area contributed by atoms with Crippen LogP contribution in [0.25, 0.3) is 21.8 Å². The van der Waals surface area contributed by atoms with Gasteiger partial charge in [-0.05, 0) is 18.2 Å². The maximum atomic E-state index is 11.3. The van der Waals surface area contributed by atoms with Crippen molar-refractivity contribution in [1.82, 2.24) is 9.97 Å². The molecule has 0 spiro atoms. The second-order valence-corrected chi connectivity index (χ2v) is 5.28. The molecule has 2 heterocycles. The van der Waals surface area contributed by atoms with Gasteiger partial charge in [-0.15, -0.1) is 0 Å². The molecule has 3 aromatic rings. The van der Waals surface area contributed by atoms with E-state index in [-0.39, 0.29) is 0 Å². The van der Waals surface area contributed by atoms with E-state index in [2.05, 4.69) is 20.0 Å². The number of pyridine rings is 1. The molecule has 3 N–H and O–H groups in total. The molecule has 2 aromatic heterocycles. The molecule has 0 aliphatic rings. The third-order valence-corrected chi connectivity index (χ3v) is 3.36. The highest BCUT2D eigenvalue weighted by molar-refractivity contribution is 6.32. The monoisotopic (exact) mass is 389 g/mol. The van der Waals surface area contributed by atoms with Crippen LogP contribution in [0.4, 0.5) is 23.7 Å². The van der Waals surface area contributed by atoms with Crippen LogP contribution in [-0.2, 0) is 9.53 Å². The molecule has 0 bridgehead atoms. The molecule has 0 aliphatic heterocycles. The van der Waals surface area contributed by atoms with E-state index in [1.165, 1.54) is 7.11 Å². The molecule has 3 rings (SSSR count). The van der Waals surface area contributed by atoms with Gasteiger partial charge < -0.3 is 14.8 Å². The Kier molecular flexibility index (Phi) is 5.56. The number of nitrogens with one attached hydrogen (secondary N) is 2. The number of carbonyl (C=O) groups is 2. The number of hydrogen-bond acceptors (Lipinski definition) is 4. The van der Waals surface area contributed by atoms with Crippen LogP contribution in [0.1, 0.15) is 0 Å². The molecule has 1 aromatic carbocycles. The van der Waals surface area contributed by atoms with Crippen LogP contribution in [-0.4, -0.2) is 40.4 Å². The van der Waals surface area contributed by atoms with Crippen LogP contribution >= 0.6 is 11.6 Å². The fourth-order valence-corrected chi connectivity index (χ4v) is 2.30. The number of H-pyrrole nitrogens is 1. The number of anilines is 1. The van der Waals surface area contributed by atoms with Crippen molar-refractivity contribution >= 4 is 51.2 Å². The van der Waals surface area contributed by atoms with E-state index in [9.17, 15) is 18.0 Å². The van der Waals surface area contributed by atoms with Crippen LogP contribution in [0.15, 0.2) is 30.6 Å². The third kappa shape index (κ3) is 4.33. The van der Waals surface area contributed by atoms with Gasteiger partial charge in [-0.3, -0.25) is 10.3 Å². The molecule has 0 saturated carbocycles. The number of aliphatic carboxylic acids is 1. The Balaban J connectivity index is 0.000000298. The van der Waals surface area contributed by atoms with Gasteiger partial charge in [0.15, 0.2) is 0 Å². The quantitative estimate of drug-likeness (QED) is 0.579. The van der Waals surface area contributed by atoms with E-state index in [0.717, 1.165) is 21.8 Å². The fraction of sp³-hybridized carbons (Fsp3) is 0.133. The predicted octanol–water partition coefficient (Wildman–Crippen LogP) is 4.18. The topological polar surface area (TPSA) is 104 Å². The first-order chi connectivity index (χ1) is 12.1. The summed E-state index contributed by atoms with van der Waals surface area (Å²) in [4.78, 5) is 27.5. The Morgan fingerprint density at radius 1 is 1.31 bits per heavy atom. The Morgan fingerprint density at radius 2 is 1.96 bits per heavy atom. The summed E-state index contributed by atoms with van der Waals surface area (Å²) >= 11 is 6.09. The third-order valence-electron chi connectivity index (χ3n) is 3.14. The number of aromatic amines is 1. The maximum absolute atomic E-state index is 11.3. The summed E-state index contributed by atoms with van der Waals surface area (Å²) in [5, 5.41) is 12.2. The smallest absolute Gasteiger partial charge is 0.475 e. The number of ether oxygens (including phenoxy) is 1. The van der Waals surface area contributed by atoms with E-state index in [1.54, 1.807) is 18.5 Å². The van der Waals surface area contributed by atoms with Crippen LogP contribution in [0.3, 0.4) is 0 Å². The van der Waals surface area contributed by atoms with Crippen LogP contribution < -0.4 is 5.32 Å². The molecule has 0 radical (unpaired) electrons. The zero-order chi connectivity index (χ0) is 19.5. The van der Waals surface area contributed by atoms with Gasteiger partial charge in [-0.2, -0.15) is 13.2 Å². The molecule has 0 unspecified atom stereocenters. The minimum Gasteiger partial charge on any atom is -0.475 e. The second-order valence-electron chi connectivity index (χ2n) is 4.84. The molecule has 7 nitrogen and oxygen atoms in total. The zero-order valence-electron chi connectivity index (χ0n) is 13.0. The summed E-state index contributed by atoms with van der Waals surface area (Å²) in [6.07, 6.45) is -2.19. The van der Waals surface area contributed by atoms with Gasteiger partial charge in [0, 0.05) is 22.0 Å². The van der Waals surface area contributed by atoms with Crippen molar-refractivity contribution in [3.8, 4) is 0 Å². The molecular formula is C15H11ClF3N3O4. The van der Waals surface area contributed by atoms with Crippen LogP contribution in [0.2, 0.25) is 5.02 Å². The number of hydrogen-bond donors (Lipinski definition) is 3. The van der Waals surface area contributed by atoms with E-state index >= 15 is 0 Å². The summed E-state index contributed by atoms with van der Waals surface area (Å²) in [5.74, 6) is -2.76. The summed E-state index contributed by atoms with van der Waals surface area (Å²) in [5.41, 5.74) is 2.25. The number of carboxylic acids is 1. The summed E-state index contributed by atoms with van der Waals surface area (Å²) in [6, 6.07) is 5.41. The normalized spacial score (nSPS) is 11.0. The Morgan fingerprint density at radius 3 is 2.54 bits per heavy atom. The Hall–Kier alpha value is -3.01. The van der Waals surface area contributed by atoms with Gasteiger partial charge in [0.2, 0.25) is 0 Å². The van der Waals surface area contributed by atoms with E-state index in [0.29, 0.717) is 10.7 Å². The number of alkyl halides is 3. The number of methoxy groups -OCH3 is 1. The van der Waals surface area contributed by atoms with Crippen molar-refractivity contribution in [1.29, 1.82) is 0 Å². The first-order valence-electron chi connectivity index (χ1n) is 6.83. The Bertz CT molecular complexity index is 972. The predicted molar refractivity (Wildman–Crippen MR) is 88.3 cm³/mol. The highest BCUT2D eigenvalue weighted by Crippen LogP contribution is 2.33. The number of aromatic nitrogens is 2. The lowest BCUT2D eigenvalue weighted by Gasteiger charge is -2.05. The van der Waals surface area contributed by atoms with Gasteiger partial charge in [0.1, 0.15) is 0 Å². The summed E-state index contributed by atoms with van der Waals surface area (Å²) in [6.45, 7) is 0. The lowest BCUT2D eigenvalue weighted by molar-refractivity contribution is -0.192. The molecule has 0 saturated heterocycles. The Labute approximate surface area is 148 Å². The molecule has 11 heteroatoms. The molecule has 1 amide bonds. The average molecular weight is 390 g/mol. The van der Waals surface area contributed by atoms with Gasteiger partial charge in [-0.25, -0.2) is 9.59 Å². The number of amides is 1. The van der Waals surface area contributed by atoms with E-state index in [1.807, 2.05) is 12.1 Å². The van der Waals surface area contributed by atoms with Crippen molar-refractivity contribution < 1.29 is 32.6 Å². The number of rotatable bonds is 1. The number of carbonyl (C=O) groups excluding carboxylic acids is 1. The fourth-order valence-electron chi connectivity index (χ4n) is 2.08. The van der Waals surface area contributed by atoms with E-state index in [4.69, 9.17) is 21.5 Å². The number of carboxylic acid groups (broad SMARTS) is 1. The maximum Gasteiger partial charge on any atom is 0.490 e.